The fraction of sp³-hybridized carbons (Fsp3) is 0.0909. The van der Waals surface area contributed by atoms with Gasteiger partial charge in [0.25, 0.3) is 16.8 Å². The molecule has 1 saturated heterocycles. The molecule has 0 radical (unpaired) electrons. The average molecular weight is 454 g/mol. The Kier molecular flexibility index (Phi) is 5.92. The maximum absolute atomic E-state index is 12.8. The number of aromatic nitrogens is 1. The maximum Gasteiger partial charge on any atom is 0.293 e. The van der Waals surface area contributed by atoms with Crippen LogP contribution in [0.25, 0.3) is 6.08 Å². The molecule has 0 N–H and O–H groups in total. The highest BCUT2D eigenvalue weighted by molar-refractivity contribution is 8.18. The lowest BCUT2D eigenvalue weighted by Crippen LogP contribution is -2.27. The van der Waals surface area contributed by atoms with Crippen molar-refractivity contribution in [3.05, 3.63) is 104 Å². The zero-order chi connectivity index (χ0) is 22.0. The van der Waals surface area contributed by atoms with E-state index in [1.807, 2.05) is 0 Å². The molecule has 0 spiro atoms. The number of para-hydroxylation sites is 1. The second-order valence-corrected chi connectivity index (χ2v) is 8.21. The van der Waals surface area contributed by atoms with E-state index in [4.69, 9.17) is 11.6 Å². The van der Waals surface area contributed by atoms with Crippen LogP contribution in [0.5, 0.6) is 0 Å². The molecule has 156 valence electrons. The Bertz CT molecular complexity index is 1220. The number of carbonyl (C=O) groups excluding carboxylic acids is 2. The van der Waals surface area contributed by atoms with Crippen LogP contribution in [-0.4, -0.2) is 25.5 Å². The van der Waals surface area contributed by atoms with Crippen molar-refractivity contribution in [1.82, 2.24) is 9.47 Å². The molecule has 9 heteroatoms. The minimum Gasteiger partial charge on any atom is -0.343 e. The van der Waals surface area contributed by atoms with Gasteiger partial charge >= 0.3 is 0 Å². The summed E-state index contributed by atoms with van der Waals surface area (Å²) in [6.07, 6.45) is 3.41. The van der Waals surface area contributed by atoms with Crippen LogP contribution in [0.15, 0.2) is 71.8 Å². The molecule has 0 aliphatic carbocycles. The van der Waals surface area contributed by atoms with Crippen LogP contribution in [0.3, 0.4) is 0 Å². The third kappa shape index (κ3) is 4.40. The maximum atomic E-state index is 12.8. The standard InChI is InChI=1S/C22H16ClN3O4S/c23-18-9-3-1-6-15(18)14-25-21(27)20(31-22(25)28)12-17-8-5-11-24(17)13-16-7-2-4-10-19(16)26(29)30/h1-12H,13-14H2/b20-12-. The molecule has 31 heavy (non-hydrogen) atoms. The number of halogens is 1. The summed E-state index contributed by atoms with van der Waals surface area (Å²) in [5, 5.41) is 11.4. The molecule has 0 unspecified atom stereocenters. The van der Waals surface area contributed by atoms with Crippen LogP contribution in [-0.2, 0) is 17.9 Å². The third-order valence-electron chi connectivity index (χ3n) is 4.83. The van der Waals surface area contributed by atoms with Crippen LogP contribution in [0.4, 0.5) is 10.5 Å². The first-order valence-corrected chi connectivity index (χ1v) is 10.5. The van der Waals surface area contributed by atoms with Gasteiger partial charge in [-0.1, -0.05) is 48.0 Å². The van der Waals surface area contributed by atoms with Crippen molar-refractivity contribution in [2.75, 3.05) is 0 Å². The van der Waals surface area contributed by atoms with Crippen LogP contribution in [0.1, 0.15) is 16.8 Å². The number of hydrogen-bond acceptors (Lipinski definition) is 5. The molecule has 7 nitrogen and oxygen atoms in total. The van der Waals surface area contributed by atoms with E-state index >= 15 is 0 Å². The summed E-state index contributed by atoms with van der Waals surface area (Å²) in [5.41, 5.74) is 1.93. The second-order valence-electron chi connectivity index (χ2n) is 6.81. The van der Waals surface area contributed by atoms with Gasteiger partial charge in [0.1, 0.15) is 0 Å². The normalized spacial score (nSPS) is 15.1. The number of hydrogen-bond donors (Lipinski definition) is 0. The van der Waals surface area contributed by atoms with Crippen LogP contribution in [0.2, 0.25) is 5.02 Å². The van der Waals surface area contributed by atoms with Gasteiger partial charge in [0.2, 0.25) is 0 Å². The van der Waals surface area contributed by atoms with Crippen LogP contribution in [0, 0.1) is 10.1 Å². The zero-order valence-corrected chi connectivity index (χ0v) is 17.7. The monoisotopic (exact) mass is 453 g/mol. The van der Waals surface area contributed by atoms with E-state index in [9.17, 15) is 19.7 Å². The molecular formula is C22H16ClN3O4S. The van der Waals surface area contributed by atoms with Crippen molar-refractivity contribution in [3.8, 4) is 0 Å². The summed E-state index contributed by atoms with van der Waals surface area (Å²) in [5.74, 6) is -0.395. The number of rotatable bonds is 6. The lowest BCUT2D eigenvalue weighted by molar-refractivity contribution is -0.385. The first kappa shape index (κ1) is 20.9. The summed E-state index contributed by atoms with van der Waals surface area (Å²) in [4.78, 5) is 37.6. The molecule has 1 aliphatic rings. The van der Waals surface area contributed by atoms with Crippen molar-refractivity contribution in [2.45, 2.75) is 13.1 Å². The fourth-order valence-electron chi connectivity index (χ4n) is 3.28. The molecule has 0 atom stereocenters. The van der Waals surface area contributed by atoms with Crippen LogP contribution < -0.4 is 0 Å². The molecule has 1 fully saturated rings. The predicted molar refractivity (Wildman–Crippen MR) is 120 cm³/mol. The molecule has 2 heterocycles. The van der Waals surface area contributed by atoms with Gasteiger partial charge in [-0.15, -0.1) is 0 Å². The molecule has 2 amide bonds. The third-order valence-corrected chi connectivity index (χ3v) is 6.11. The SMILES string of the molecule is O=C1S/C(=C\c2cccn2Cc2ccccc2[N+](=O)[O-])C(=O)N1Cc1ccccc1Cl. The number of thioether (sulfide) groups is 1. The van der Waals surface area contributed by atoms with E-state index in [0.29, 0.717) is 26.7 Å². The molecule has 4 rings (SSSR count). The highest BCUT2D eigenvalue weighted by Gasteiger charge is 2.35. The number of nitro benzene ring substituents is 1. The van der Waals surface area contributed by atoms with Gasteiger partial charge < -0.3 is 4.57 Å². The Morgan fingerprint density at radius 3 is 2.42 bits per heavy atom. The molecular weight excluding hydrogens is 438 g/mol. The largest absolute Gasteiger partial charge is 0.343 e. The summed E-state index contributed by atoms with van der Waals surface area (Å²) in [6.45, 7) is 0.359. The van der Waals surface area contributed by atoms with Gasteiger partial charge in [0.15, 0.2) is 0 Å². The van der Waals surface area contributed by atoms with Crippen molar-refractivity contribution >= 4 is 46.3 Å². The number of benzene rings is 2. The fourth-order valence-corrected chi connectivity index (χ4v) is 4.29. The van der Waals surface area contributed by atoms with E-state index in [0.717, 1.165) is 16.7 Å². The number of amides is 2. The molecule has 1 aromatic heterocycles. The zero-order valence-electron chi connectivity index (χ0n) is 16.1. The van der Waals surface area contributed by atoms with Gasteiger partial charge in [0, 0.05) is 28.5 Å². The van der Waals surface area contributed by atoms with E-state index in [1.54, 1.807) is 71.4 Å². The van der Waals surface area contributed by atoms with E-state index in [-0.39, 0.29) is 24.0 Å². The van der Waals surface area contributed by atoms with Crippen LogP contribution >= 0.6 is 23.4 Å². The smallest absolute Gasteiger partial charge is 0.293 e. The topological polar surface area (TPSA) is 85.5 Å². The number of nitrogens with zero attached hydrogens (tertiary/aromatic N) is 3. The summed E-state index contributed by atoms with van der Waals surface area (Å²) in [6, 6.07) is 17.1. The molecule has 0 saturated carbocycles. The summed E-state index contributed by atoms with van der Waals surface area (Å²) in [7, 11) is 0. The predicted octanol–water partition coefficient (Wildman–Crippen LogP) is 5.33. The minimum absolute atomic E-state index is 0.0298. The average Bonchev–Trinajstić information content (AvgIpc) is 3.29. The first-order valence-electron chi connectivity index (χ1n) is 9.30. The van der Waals surface area contributed by atoms with Gasteiger partial charge in [-0.05, 0) is 41.6 Å². The Morgan fingerprint density at radius 2 is 1.68 bits per heavy atom. The molecule has 1 aliphatic heterocycles. The van der Waals surface area contributed by atoms with Crippen molar-refractivity contribution in [1.29, 1.82) is 0 Å². The van der Waals surface area contributed by atoms with E-state index < -0.39 is 10.8 Å². The number of imide groups is 1. The van der Waals surface area contributed by atoms with Crippen molar-refractivity contribution in [2.24, 2.45) is 0 Å². The van der Waals surface area contributed by atoms with E-state index in [1.165, 1.54) is 6.07 Å². The van der Waals surface area contributed by atoms with Crippen molar-refractivity contribution in [3.63, 3.8) is 0 Å². The van der Waals surface area contributed by atoms with Gasteiger partial charge in [-0.3, -0.25) is 24.6 Å². The quantitative estimate of drug-likeness (QED) is 0.286. The second kappa shape index (κ2) is 8.79. The van der Waals surface area contributed by atoms with Gasteiger partial charge in [0.05, 0.1) is 22.9 Å². The van der Waals surface area contributed by atoms with Gasteiger partial charge in [-0.25, -0.2) is 0 Å². The van der Waals surface area contributed by atoms with E-state index in [2.05, 4.69) is 0 Å². The minimum atomic E-state index is -0.418. The molecule has 0 bridgehead atoms. The number of nitro groups is 1. The summed E-state index contributed by atoms with van der Waals surface area (Å²) < 4.78 is 1.80. The Balaban J connectivity index is 1.57. The Labute approximate surface area is 187 Å². The Hall–Kier alpha value is -3.36. The lowest BCUT2D eigenvalue weighted by Gasteiger charge is -2.13. The number of carbonyl (C=O) groups is 2. The highest BCUT2D eigenvalue weighted by Crippen LogP contribution is 2.34. The first-order chi connectivity index (χ1) is 14.9. The lowest BCUT2D eigenvalue weighted by atomic mass is 10.2. The van der Waals surface area contributed by atoms with Crippen molar-refractivity contribution < 1.29 is 14.5 Å². The summed E-state index contributed by atoms with van der Waals surface area (Å²) >= 11 is 7.02. The molecule has 3 aromatic rings. The Morgan fingerprint density at radius 1 is 0.968 bits per heavy atom. The van der Waals surface area contributed by atoms with Gasteiger partial charge in [-0.2, -0.15) is 0 Å². The highest BCUT2D eigenvalue weighted by atomic mass is 35.5. The molecule has 2 aromatic carbocycles.